The Balaban J connectivity index is 0. The highest BCUT2D eigenvalue weighted by atomic mass is 31.2. The van der Waals surface area contributed by atoms with Gasteiger partial charge < -0.3 is 38.5 Å². The molecule has 0 aromatic heterocycles. The lowest BCUT2D eigenvalue weighted by Gasteiger charge is -2.12. The second kappa shape index (κ2) is 30.2. The van der Waals surface area contributed by atoms with Crippen molar-refractivity contribution in [2.24, 2.45) is 23.7 Å². The summed E-state index contributed by atoms with van der Waals surface area (Å²) in [5.74, 6) is -10.1. The summed E-state index contributed by atoms with van der Waals surface area (Å²) >= 11 is 0. The van der Waals surface area contributed by atoms with Crippen LogP contribution in [0, 0.1) is 30.6 Å². The van der Waals surface area contributed by atoms with Gasteiger partial charge >= 0.3 is 23.9 Å². The van der Waals surface area contributed by atoms with E-state index in [1.807, 2.05) is 37.3 Å². The predicted octanol–water partition coefficient (Wildman–Crippen LogP) is 4.90. The van der Waals surface area contributed by atoms with E-state index >= 15 is 0 Å². The number of hydrogen-bond acceptors (Lipinski definition) is 16. The van der Waals surface area contributed by atoms with Crippen LogP contribution in [0.15, 0.2) is 54.6 Å². The Labute approximate surface area is 385 Å². The van der Waals surface area contributed by atoms with Crippen LogP contribution in [0.1, 0.15) is 51.3 Å². The Morgan fingerprint density at radius 3 is 1.02 bits per heavy atom. The number of carbonyl (C=O) groups excluding carboxylic acids is 8. The van der Waals surface area contributed by atoms with E-state index in [0.29, 0.717) is 0 Å². The molecular formula is C42H64O20P4. The van der Waals surface area contributed by atoms with Crippen molar-refractivity contribution in [3.8, 4) is 0 Å². The van der Waals surface area contributed by atoms with Gasteiger partial charge in [0.1, 0.15) is 13.2 Å². The van der Waals surface area contributed by atoms with Gasteiger partial charge in [-0.25, -0.2) is 19.2 Å². The molecule has 0 bridgehead atoms. The van der Waals surface area contributed by atoms with Gasteiger partial charge in [-0.2, -0.15) is 0 Å². The average Bonchev–Trinajstić information content (AvgIpc) is 3.19. The fourth-order valence-corrected chi connectivity index (χ4v) is 9.90. The Bertz CT molecular complexity index is 2130. The third kappa shape index (κ3) is 31.6. The molecule has 0 aliphatic rings. The van der Waals surface area contributed by atoms with Gasteiger partial charge in [0.05, 0.1) is 13.7 Å². The molecule has 0 fully saturated rings. The van der Waals surface area contributed by atoms with Crippen molar-refractivity contribution in [1.82, 2.24) is 0 Å². The normalized spacial score (nSPS) is 16.0. The minimum atomic E-state index is -3.33. The van der Waals surface area contributed by atoms with E-state index in [1.54, 1.807) is 31.2 Å². The van der Waals surface area contributed by atoms with Crippen LogP contribution < -0.4 is 0 Å². The van der Waals surface area contributed by atoms with Gasteiger partial charge in [0, 0.05) is 75.0 Å². The second-order valence-corrected chi connectivity index (χ2v) is 25.7. The van der Waals surface area contributed by atoms with Gasteiger partial charge in [-0.1, -0.05) is 87.9 Å². The van der Waals surface area contributed by atoms with E-state index < -0.39 is 100 Å². The fourth-order valence-electron chi connectivity index (χ4n) is 5.17. The maximum absolute atomic E-state index is 11.7. The van der Waals surface area contributed by atoms with Crippen molar-refractivity contribution in [3.63, 3.8) is 0 Å². The number of methoxy groups -OCH3 is 1. The summed E-state index contributed by atoms with van der Waals surface area (Å²) in [6.45, 7) is 14.1. The summed E-state index contributed by atoms with van der Waals surface area (Å²) in [7, 11) is -12.1. The number of esters is 4. The van der Waals surface area contributed by atoms with E-state index in [-0.39, 0.29) is 44.5 Å². The Hall–Kier alpha value is -4.24. The number of benzene rings is 2. The van der Waals surface area contributed by atoms with Gasteiger partial charge in [0.25, 0.3) is 0 Å². The van der Waals surface area contributed by atoms with Crippen LogP contribution in [-0.2, 0) is 88.8 Å². The number of ether oxygens (including phenoxy) is 4. The zero-order valence-electron chi connectivity index (χ0n) is 39.1. The Kier molecular flexibility index (Phi) is 29.2. The van der Waals surface area contributed by atoms with Gasteiger partial charge in [-0.15, -0.1) is 0 Å². The monoisotopic (exact) mass is 1010 g/mol. The first kappa shape index (κ1) is 63.8. The lowest BCUT2D eigenvalue weighted by Crippen LogP contribution is -2.26. The molecule has 2 aromatic rings. The van der Waals surface area contributed by atoms with Crippen molar-refractivity contribution in [2.75, 3.05) is 65.0 Å². The number of aryl methyl sites for hydroxylation is 1. The largest absolute Gasteiger partial charge is 0.463 e. The molecule has 0 heterocycles. The van der Waals surface area contributed by atoms with Crippen molar-refractivity contribution in [1.29, 1.82) is 0 Å². The summed E-state index contributed by atoms with van der Waals surface area (Å²) in [4.78, 5) is 127. The fraction of sp³-hybridized carbons (Fsp3) is 0.524. The topological polar surface area (TPSA) is 323 Å². The molecule has 8 atom stereocenters. The van der Waals surface area contributed by atoms with Crippen molar-refractivity contribution < 1.29 is 95.1 Å². The molecule has 20 nitrogen and oxygen atoms in total. The lowest BCUT2D eigenvalue weighted by molar-refractivity contribution is -0.156. The predicted molar refractivity (Wildman–Crippen MR) is 245 cm³/mol. The molecular weight excluding hydrogens is 948 g/mol. The summed E-state index contributed by atoms with van der Waals surface area (Å²) in [5.41, 5.74) is 2.65. The molecule has 0 saturated heterocycles. The summed E-state index contributed by atoms with van der Waals surface area (Å²) in [6, 6.07) is 16.4. The first-order chi connectivity index (χ1) is 30.0. The molecule has 24 heteroatoms. The highest BCUT2D eigenvalue weighted by Gasteiger charge is 2.30. The molecule has 66 heavy (non-hydrogen) atoms. The smallest absolute Gasteiger partial charge is 0.375 e. The van der Waals surface area contributed by atoms with Crippen LogP contribution in [0.2, 0.25) is 0 Å². The second-order valence-electron chi connectivity index (χ2n) is 15.8. The summed E-state index contributed by atoms with van der Waals surface area (Å²) in [5, 5.41) is 0. The number of hydrogen-bond donors (Lipinski definition) is 4. The molecule has 2 aromatic carbocycles. The molecule has 0 amide bonds. The van der Waals surface area contributed by atoms with Crippen LogP contribution in [0.5, 0.6) is 0 Å². The standard InChI is InChI=1S/C14H19O5P.C13H17O5P.C8H15O5P.C7H13O5P/c1-10-4-6-12(7-5-10)8-19-14(16)13(15)11(2)9-20(3,17)18;1-10(9-19(2,16)17)12(14)13(15)18-8-11-6-4-3-5-7-11;1-4-13-8(10)7(9)6(2)5-14(3,11)12;1-5(4-13(3,10)11)6(8)7(9)12-2/h4-7,11H,8-9H2,1-3H3,(H,17,18);3-7,10H,8-9H2,1-2H3,(H,16,17);6H,4-5H2,1-3H3,(H,11,12);5H,4H2,1-3H3,(H,10,11). The molecule has 0 aliphatic heterocycles. The quantitative estimate of drug-likeness (QED) is 0.0559. The number of carbonyl (C=O) groups is 8. The first-order valence-electron chi connectivity index (χ1n) is 20.1. The van der Waals surface area contributed by atoms with Crippen LogP contribution in [-0.4, -0.2) is 132 Å². The molecule has 8 unspecified atom stereocenters. The summed E-state index contributed by atoms with van der Waals surface area (Å²) in [6.07, 6.45) is -0.816. The van der Waals surface area contributed by atoms with Crippen molar-refractivity contribution in [2.45, 2.75) is 54.8 Å². The lowest BCUT2D eigenvalue weighted by atomic mass is 10.1. The first-order valence-corrected chi connectivity index (χ1v) is 29.2. The molecule has 0 saturated carbocycles. The number of rotatable bonds is 21. The van der Waals surface area contributed by atoms with Crippen LogP contribution in [0.25, 0.3) is 0 Å². The van der Waals surface area contributed by atoms with Crippen LogP contribution in [0.4, 0.5) is 0 Å². The third-order valence-corrected chi connectivity index (χ3v) is 13.1. The minimum absolute atomic E-state index is 0.0144. The molecule has 372 valence electrons. The molecule has 0 spiro atoms. The van der Waals surface area contributed by atoms with Gasteiger partial charge in [0.2, 0.25) is 23.1 Å². The van der Waals surface area contributed by atoms with Gasteiger partial charge in [0.15, 0.2) is 29.5 Å². The Morgan fingerprint density at radius 1 is 0.470 bits per heavy atom. The van der Waals surface area contributed by atoms with Crippen LogP contribution >= 0.6 is 29.5 Å². The summed E-state index contributed by atoms with van der Waals surface area (Å²) < 4.78 is 62.7. The van der Waals surface area contributed by atoms with Crippen molar-refractivity contribution >= 4 is 76.5 Å². The molecule has 0 aliphatic carbocycles. The maximum atomic E-state index is 11.7. The zero-order valence-corrected chi connectivity index (χ0v) is 42.6. The van der Waals surface area contributed by atoms with E-state index in [2.05, 4.69) is 9.47 Å². The third-order valence-electron chi connectivity index (χ3n) is 8.21. The van der Waals surface area contributed by atoms with Gasteiger partial charge in [-0.3, -0.25) is 37.4 Å². The highest BCUT2D eigenvalue weighted by molar-refractivity contribution is 7.58. The van der Waals surface area contributed by atoms with Gasteiger partial charge in [-0.05, 0) is 25.0 Å². The molecule has 0 radical (unpaired) electrons. The maximum Gasteiger partial charge on any atom is 0.375 e. The SMILES string of the molecule is CC(CP(C)(=O)O)C(=O)C(=O)OCc1ccccc1.CCOC(=O)C(=O)C(C)CP(C)(=O)O.COC(=O)C(=O)C(C)CP(C)(=O)O.Cc1ccc(COC(=O)C(=O)C(C)CP(C)(=O)O)cc1. The average molecular weight is 1010 g/mol. The molecule has 2 rings (SSSR count). The molecule has 4 N–H and O–H groups in total. The zero-order chi connectivity index (χ0) is 51.8. The Morgan fingerprint density at radius 2 is 0.742 bits per heavy atom. The van der Waals surface area contributed by atoms with E-state index in [4.69, 9.17) is 19.3 Å². The highest BCUT2D eigenvalue weighted by Crippen LogP contribution is 2.39. The number of Topliss-reactive ketones (excluding diaryl/α,β-unsaturated/α-hetero) is 4. The van der Waals surface area contributed by atoms with E-state index in [9.17, 15) is 66.4 Å². The minimum Gasteiger partial charge on any atom is -0.463 e. The van der Waals surface area contributed by atoms with Crippen molar-refractivity contribution in [3.05, 3.63) is 71.3 Å². The van der Waals surface area contributed by atoms with E-state index in [0.717, 1.165) is 50.5 Å². The number of ketones is 4. The van der Waals surface area contributed by atoms with Crippen LogP contribution in [0.3, 0.4) is 0 Å². The van der Waals surface area contributed by atoms with E-state index in [1.165, 1.54) is 27.7 Å².